The number of ether oxygens (including phenoxy) is 2. The second-order valence-electron chi connectivity index (χ2n) is 7.59. The molecule has 142 valence electrons. The summed E-state index contributed by atoms with van der Waals surface area (Å²) < 4.78 is 11.5. The van der Waals surface area contributed by atoms with E-state index in [1.54, 1.807) is 0 Å². The first kappa shape index (κ1) is 17.8. The van der Waals surface area contributed by atoms with Crippen molar-refractivity contribution in [1.29, 1.82) is 0 Å². The van der Waals surface area contributed by atoms with Gasteiger partial charge in [-0.3, -0.25) is 9.69 Å². The van der Waals surface area contributed by atoms with Crippen LogP contribution in [0.1, 0.15) is 43.1 Å². The summed E-state index contributed by atoms with van der Waals surface area (Å²) in [6, 6.07) is 2.01. The molecule has 3 fully saturated rings. The van der Waals surface area contributed by atoms with Gasteiger partial charge in [0.1, 0.15) is 5.82 Å². The summed E-state index contributed by atoms with van der Waals surface area (Å²) in [5.74, 6) is 1.01. The molecular formula is C19H28N4O3. The van der Waals surface area contributed by atoms with E-state index in [4.69, 9.17) is 9.47 Å². The lowest BCUT2D eigenvalue weighted by Gasteiger charge is -2.39. The van der Waals surface area contributed by atoms with Gasteiger partial charge in [-0.15, -0.1) is 0 Å². The van der Waals surface area contributed by atoms with Gasteiger partial charge < -0.3 is 14.4 Å². The fourth-order valence-corrected chi connectivity index (χ4v) is 4.32. The van der Waals surface area contributed by atoms with Crippen LogP contribution >= 0.6 is 0 Å². The highest BCUT2D eigenvalue weighted by atomic mass is 16.7. The zero-order valence-corrected chi connectivity index (χ0v) is 15.5. The molecule has 1 amide bonds. The lowest BCUT2D eigenvalue weighted by molar-refractivity contribution is -0.187. The number of rotatable bonds is 3. The van der Waals surface area contributed by atoms with Crippen LogP contribution in [0.25, 0.3) is 0 Å². The minimum atomic E-state index is -0.419. The Bertz CT molecular complexity index is 637. The molecule has 4 rings (SSSR count). The van der Waals surface area contributed by atoms with Crippen LogP contribution in [0.4, 0.5) is 0 Å². The van der Waals surface area contributed by atoms with E-state index >= 15 is 0 Å². The Morgan fingerprint density at radius 3 is 2.77 bits per heavy atom. The number of carbonyl (C=O) groups excluding carboxylic acids is 1. The van der Waals surface area contributed by atoms with Gasteiger partial charge in [-0.05, 0) is 32.4 Å². The molecule has 0 N–H and O–H groups in total. The minimum Gasteiger partial charge on any atom is -0.347 e. The van der Waals surface area contributed by atoms with Crippen molar-refractivity contribution in [3.63, 3.8) is 0 Å². The first-order chi connectivity index (χ1) is 12.6. The smallest absolute Gasteiger partial charge is 0.236 e. The summed E-state index contributed by atoms with van der Waals surface area (Å²) in [7, 11) is 0. The highest BCUT2D eigenvalue weighted by Gasteiger charge is 2.41. The lowest BCUT2D eigenvalue weighted by atomic mass is 9.94. The van der Waals surface area contributed by atoms with E-state index < -0.39 is 5.79 Å². The van der Waals surface area contributed by atoms with Crippen LogP contribution in [0.5, 0.6) is 0 Å². The van der Waals surface area contributed by atoms with Crippen LogP contribution in [0.2, 0.25) is 0 Å². The topological polar surface area (TPSA) is 67.8 Å². The Labute approximate surface area is 154 Å². The van der Waals surface area contributed by atoms with E-state index in [-0.39, 0.29) is 5.91 Å². The predicted octanol–water partition coefficient (Wildman–Crippen LogP) is 1.33. The zero-order chi connectivity index (χ0) is 18.0. The molecule has 26 heavy (non-hydrogen) atoms. The quantitative estimate of drug-likeness (QED) is 0.810. The summed E-state index contributed by atoms with van der Waals surface area (Å²) in [5, 5.41) is 0. The van der Waals surface area contributed by atoms with Gasteiger partial charge in [-0.25, -0.2) is 9.97 Å². The number of aryl methyl sites for hydroxylation is 1. The van der Waals surface area contributed by atoms with Gasteiger partial charge in [0.25, 0.3) is 0 Å². The third-order valence-corrected chi connectivity index (χ3v) is 5.77. The number of carbonyl (C=O) groups is 1. The molecule has 7 nitrogen and oxygen atoms in total. The van der Waals surface area contributed by atoms with Crippen molar-refractivity contribution >= 4 is 5.91 Å². The summed E-state index contributed by atoms with van der Waals surface area (Å²) in [4.78, 5) is 25.8. The van der Waals surface area contributed by atoms with Crippen molar-refractivity contribution in [3.05, 3.63) is 23.8 Å². The fourth-order valence-electron chi connectivity index (χ4n) is 4.32. The molecular weight excluding hydrogens is 332 g/mol. The van der Waals surface area contributed by atoms with Gasteiger partial charge in [0.05, 0.1) is 19.8 Å². The van der Waals surface area contributed by atoms with Crippen molar-refractivity contribution in [3.8, 4) is 0 Å². The second kappa shape index (κ2) is 7.58. The maximum absolute atomic E-state index is 12.7. The molecule has 3 aliphatic rings. The van der Waals surface area contributed by atoms with Crippen LogP contribution < -0.4 is 0 Å². The average molecular weight is 360 g/mol. The Morgan fingerprint density at radius 2 is 2.04 bits per heavy atom. The van der Waals surface area contributed by atoms with E-state index in [9.17, 15) is 4.79 Å². The Kier molecular flexibility index (Phi) is 5.20. The van der Waals surface area contributed by atoms with Crippen LogP contribution in [-0.4, -0.2) is 77.4 Å². The maximum atomic E-state index is 12.7. The molecule has 3 aliphatic heterocycles. The number of aromatic nitrogens is 2. The van der Waals surface area contributed by atoms with E-state index in [2.05, 4.69) is 14.9 Å². The number of likely N-dealkylation sites (tertiary alicyclic amines) is 2. The highest BCUT2D eigenvalue weighted by molar-refractivity contribution is 5.78. The van der Waals surface area contributed by atoms with Gasteiger partial charge in [0.2, 0.25) is 5.91 Å². The monoisotopic (exact) mass is 360 g/mol. The van der Waals surface area contributed by atoms with Crippen molar-refractivity contribution in [2.45, 2.75) is 44.3 Å². The Balaban J connectivity index is 1.30. The standard InChI is InChI=1S/C19H28N4O3/c1-15-20-7-4-17(21-15)16-3-2-8-22(13-16)14-18(24)23-9-5-19(6-10-23)25-11-12-26-19/h4,7,16H,2-3,5-6,8-14H2,1H3/t16-/m1/s1. The van der Waals surface area contributed by atoms with Crippen molar-refractivity contribution in [1.82, 2.24) is 19.8 Å². The van der Waals surface area contributed by atoms with Gasteiger partial charge in [0, 0.05) is 50.3 Å². The number of nitrogens with zero attached hydrogens (tertiary/aromatic N) is 4. The molecule has 7 heteroatoms. The number of hydrogen-bond donors (Lipinski definition) is 0. The SMILES string of the molecule is Cc1nccc([C@@H]2CCCN(CC(=O)N3CCC4(CC3)OCCO4)C2)n1. The molecule has 0 bridgehead atoms. The third kappa shape index (κ3) is 3.89. The van der Waals surface area contributed by atoms with E-state index in [1.807, 2.05) is 24.1 Å². The van der Waals surface area contributed by atoms with Crippen LogP contribution in [0.15, 0.2) is 12.3 Å². The number of hydrogen-bond acceptors (Lipinski definition) is 6. The van der Waals surface area contributed by atoms with Crippen molar-refractivity contribution < 1.29 is 14.3 Å². The van der Waals surface area contributed by atoms with Crippen molar-refractivity contribution in [2.75, 3.05) is 45.9 Å². The normalized spacial score (nSPS) is 26.3. The minimum absolute atomic E-state index is 0.220. The molecule has 0 radical (unpaired) electrons. The molecule has 0 aliphatic carbocycles. The van der Waals surface area contributed by atoms with Gasteiger partial charge in [0.15, 0.2) is 5.79 Å². The largest absolute Gasteiger partial charge is 0.347 e. The summed E-state index contributed by atoms with van der Waals surface area (Å²) in [6.07, 6.45) is 5.62. The summed E-state index contributed by atoms with van der Waals surface area (Å²) >= 11 is 0. The van der Waals surface area contributed by atoms with Crippen LogP contribution in [0, 0.1) is 6.92 Å². The highest BCUT2D eigenvalue weighted by Crippen LogP contribution is 2.31. The first-order valence-corrected chi connectivity index (χ1v) is 9.71. The summed E-state index contributed by atoms with van der Waals surface area (Å²) in [5.41, 5.74) is 1.10. The van der Waals surface area contributed by atoms with Gasteiger partial charge in [-0.1, -0.05) is 0 Å². The fraction of sp³-hybridized carbons (Fsp3) is 0.737. The summed E-state index contributed by atoms with van der Waals surface area (Å²) in [6.45, 7) is 7.09. The lowest BCUT2D eigenvalue weighted by Crippen LogP contribution is -2.50. The maximum Gasteiger partial charge on any atom is 0.236 e. The molecule has 4 heterocycles. The molecule has 0 saturated carbocycles. The molecule has 1 aromatic rings. The molecule has 0 unspecified atom stereocenters. The van der Waals surface area contributed by atoms with E-state index in [0.29, 0.717) is 25.7 Å². The van der Waals surface area contributed by atoms with E-state index in [0.717, 1.165) is 63.4 Å². The Hall–Kier alpha value is -1.57. The van der Waals surface area contributed by atoms with Crippen LogP contribution in [0.3, 0.4) is 0 Å². The van der Waals surface area contributed by atoms with Gasteiger partial charge in [-0.2, -0.15) is 0 Å². The average Bonchev–Trinajstić information content (AvgIpc) is 3.10. The first-order valence-electron chi connectivity index (χ1n) is 9.71. The molecule has 3 saturated heterocycles. The van der Waals surface area contributed by atoms with Gasteiger partial charge >= 0.3 is 0 Å². The van der Waals surface area contributed by atoms with Crippen molar-refractivity contribution in [2.24, 2.45) is 0 Å². The molecule has 0 aromatic carbocycles. The zero-order valence-electron chi connectivity index (χ0n) is 15.5. The molecule has 1 spiro atoms. The second-order valence-corrected chi connectivity index (χ2v) is 7.59. The van der Waals surface area contributed by atoms with E-state index in [1.165, 1.54) is 0 Å². The third-order valence-electron chi connectivity index (χ3n) is 5.77. The molecule has 1 atom stereocenters. The molecule has 1 aromatic heterocycles. The Morgan fingerprint density at radius 1 is 1.27 bits per heavy atom. The number of piperidine rings is 2. The predicted molar refractivity (Wildman–Crippen MR) is 95.6 cm³/mol. The number of amides is 1. The van der Waals surface area contributed by atoms with Crippen LogP contribution in [-0.2, 0) is 14.3 Å².